The maximum atomic E-state index is 12.4. The monoisotopic (exact) mass is 416 g/mol. The van der Waals surface area contributed by atoms with E-state index in [4.69, 9.17) is 9.47 Å². The predicted octanol–water partition coefficient (Wildman–Crippen LogP) is 4.86. The van der Waals surface area contributed by atoms with E-state index in [-0.39, 0.29) is 12.7 Å². The Bertz CT molecular complexity index is 971. The van der Waals surface area contributed by atoms with Gasteiger partial charge in [-0.3, -0.25) is 10.1 Å². The molecule has 7 heteroatoms. The molecule has 0 saturated heterocycles. The van der Waals surface area contributed by atoms with Gasteiger partial charge in [0.15, 0.2) is 16.6 Å². The second-order valence-electron chi connectivity index (χ2n) is 5.46. The van der Waals surface area contributed by atoms with Crippen molar-refractivity contribution in [2.45, 2.75) is 6.92 Å². The van der Waals surface area contributed by atoms with Gasteiger partial charge in [-0.05, 0) is 43.3 Å². The number of aromatic nitrogens is 1. The van der Waals surface area contributed by atoms with E-state index >= 15 is 0 Å². The van der Waals surface area contributed by atoms with Gasteiger partial charge in [0.25, 0.3) is 5.91 Å². The van der Waals surface area contributed by atoms with E-state index in [2.05, 4.69) is 26.2 Å². The van der Waals surface area contributed by atoms with Crippen molar-refractivity contribution in [1.82, 2.24) is 4.98 Å². The van der Waals surface area contributed by atoms with Crippen LogP contribution in [0.15, 0.2) is 46.9 Å². The zero-order valence-corrected chi connectivity index (χ0v) is 15.6. The molecule has 5 nitrogen and oxygen atoms in total. The Morgan fingerprint density at radius 2 is 2.04 bits per heavy atom. The average Bonchev–Trinajstić information content (AvgIpc) is 3.20. The van der Waals surface area contributed by atoms with Crippen molar-refractivity contribution in [3.63, 3.8) is 0 Å². The molecule has 0 unspecified atom stereocenters. The molecular formula is C18H13BrN2O3S. The van der Waals surface area contributed by atoms with Crippen molar-refractivity contribution in [2.75, 3.05) is 12.1 Å². The lowest BCUT2D eigenvalue weighted by molar-refractivity contribution is 0.102. The first-order chi connectivity index (χ1) is 12.1. The summed E-state index contributed by atoms with van der Waals surface area (Å²) in [5.74, 6) is 1.26. The number of nitrogens with one attached hydrogen (secondary N) is 1. The number of halogens is 1. The zero-order valence-electron chi connectivity index (χ0n) is 13.2. The van der Waals surface area contributed by atoms with Gasteiger partial charge in [-0.2, -0.15) is 0 Å². The van der Waals surface area contributed by atoms with Gasteiger partial charge in [0.1, 0.15) is 0 Å². The van der Waals surface area contributed by atoms with Crippen LogP contribution in [0.25, 0.3) is 11.3 Å². The van der Waals surface area contributed by atoms with E-state index in [9.17, 15) is 4.79 Å². The minimum absolute atomic E-state index is 0.188. The highest BCUT2D eigenvalue weighted by Gasteiger charge is 2.17. The predicted molar refractivity (Wildman–Crippen MR) is 101 cm³/mol. The smallest absolute Gasteiger partial charge is 0.257 e. The Morgan fingerprint density at radius 1 is 1.20 bits per heavy atom. The Kier molecular flexibility index (Phi) is 4.19. The molecule has 2 heterocycles. The number of fused-ring (bicyclic) bond motifs is 1. The van der Waals surface area contributed by atoms with E-state index in [1.807, 2.05) is 37.3 Å². The molecule has 1 aliphatic heterocycles. The number of benzene rings is 2. The van der Waals surface area contributed by atoms with Crippen molar-refractivity contribution in [1.29, 1.82) is 0 Å². The van der Waals surface area contributed by atoms with Crippen molar-refractivity contribution >= 4 is 38.3 Å². The van der Waals surface area contributed by atoms with Crippen LogP contribution in [-0.4, -0.2) is 17.7 Å². The normalized spacial score (nSPS) is 12.2. The van der Waals surface area contributed by atoms with Gasteiger partial charge in [0.2, 0.25) is 6.79 Å². The quantitative estimate of drug-likeness (QED) is 0.661. The van der Waals surface area contributed by atoms with Gasteiger partial charge in [-0.25, -0.2) is 4.98 Å². The summed E-state index contributed by atoms with van der Waals surface area (Å²) in [6.45, 7) is 2.22. The van der Waals surface area contributed by atoms with E-state index in [1.165, 1.54) is 11.3 Å². The fourth-order valence-corrected chi connectivity index (χ4v) is 3.79. The number of ether oxygens (including phenoxy) is 2. The molecule has 3 aromatic rings. The molecular weight excluding hydrogens is 404 g/mol. The van der Waals surface area contributed by atoms with E-state index in [1.54, 1.807) is 12.1 Å². The van der Waals surface area contributed by atoms with Crippen LogP contribution < -0.4 is 14.8 Å². The fourth-order valence-electron chi connectivity index (χ4n) is 2.56. The lowest BCUT2D eigenvalue weighted by atomic mass is 10.1. The van der Waals surface area contributed by atoms with Gasteiger partial charge >= 0.3 is 0 Å². The van der Waals surface area contributed by atoms with Crippen molar-refractivity contribution in [3.05, 3.63) is 57.4 Å². The molecule has 0 atom stereocenters. The molecule has 1 amide bonds. The Hall–Kier alpha value is -2.38. The largest absolute Gasteiger partial charge is 0.454 e. The van der Waals surface area contributed by atoms with Crippen LogP contribution >= 0.6 is 27.3 Å². The fraction of sp³-hybridized carbons (Fsp3) is 0.111. The number of nitrogens with zero attached hydrogens (tertiary/aromatic N) is 1. The Balaban J connectivity index is 1.59. The third-order valence-electron chi connectivity index (χ3n) is 3.75. The molecule has 1 N–H and O–H groups in total. The lowest BCUT2D eigenvalue weighted by Crippen LogP contribution is -2.11. The molecule has 4 rings (SSSR count). The van der Waals surface area contributed by atoms with E-state index in [0.29, 0.717) is 16.4 Å². The first-order valence-corrected chi connectivity index (χ1v) is 9.15. The van der Waals surface area contributed by atoms with Crippen LogP contribution in [-0.2, 0) is 0 Å². The minimum Gasteiger partial charge on any atom is -0.454 e. The molecule has 0 fully saturated rings. The summed E-state index contributed by atoms with van der Waals surface area (Å²) in [4.78, 5) is 18.0. The van der Waals surface area contributed by atoms with Crippen LogP contribution in [0.1, 0.15) is 15.2 Å². The number of thiazole rings is 1. The zero-order chi connectivity index (χ0) is 17.4. The molecule has 1 aliphatic rings. The van der Waals surface area contributed by atoms with Crippen molar-refractivity contribution in [2.24, 2.45) is 0 Å². The maximum absolute atomic E-state index is 12.4. The lowest BCUT2D eigenvalue weighted by Gasteiger charge is -2.02. The summed E-state index contributed by atoms with van der Waals surface area (Å²) in [5.41, 5.74) is 2.33. The van der Waals surface area contributed by atoms with Crippen molar-refractivity contribution in [3.8, 4) is 22.8 Å². The third kappa shape index (κ3) is 3.25. The summed E-state index contributed by atoms with van der Waals surface area (Å²) in [6, 6.07) is 13.0. The number of anilines is 1. The molecule has 25 heavy (non-hydrogen) atoms. The molecule has 0 radical (unpaired) electrons. The molecule has 0 saturated carbocycles. The minimum atomic E-state index is -0.188. The molecule has 126 valence electrons. The molecule has 1 aromatic heterocycles. The van der Waals surface area contributed by atoms with Gasteiger partial charge in [0, 0.05) is 20.5 Å². The second kappa shape index (κ2) is 6.50. The van der Waals surface area contributed by atoms with Crippen LogP contribution in [0, 0.1) is 6.92 Å². The number of rotatable bonds is 3. The van der Waals surface area contributed by atoms with Gasteiger partial charge < -0.3 is 9.47 Å². The van der Waals surface area contributed by atoms with E-state index < -0.39 is 0 Å². The van der Waals surface area contributed by atoms with Crippen LogP contribution in [0.3, 0.4) is 0 Å². The third-order valence-corrected chi connectivity index (χ3v) is 5.13. The first kappa shape index (κ1) is 16.1. The summed E-state index contributed by atoms with van der Waals surface area (Å²) >= 11 is 4.81. The highest BCUT2D eigenvalue weighted by Crippen LogP contribution is 2.38. The second-order valence-corrected chi connectivity index (χ2v) is 7.58. The topological polar surface area (TPSA) is 60.5 Å². The van der Waals surface area contributed by atoms with Crippen LogP contribution in [0.2, 0.25) is 0 Å². The number of carbonyl (C=O) groups is 1. The standard InChI is InChI=1S/C18H13BrN2O3S/c1-10-16(11-5-6-14-15(8-11)24-9-23-14)20-18(25-10)21-17(22)12-3-2-4-13(19)7-12/h2-8H,9H2,1H3,(H,20,21,22). The summed E-state index contributed by atoms with van der Waals surface area (Å²) in [7, 11) is 0. The first-order valence-electron chi connectivity index (χ1n) is 7.54. The summed E-state index contributed by atoms with van der Waals surface area (Å²) < 4.78 is 11.6. The van der Waals surface area contributed by atoms with Gasteiger partial charge in [-0.15, -0.1) is 11.3 Å². The number of hydrogen-bond acceptors (Lipinski definition) is 5. The highest BCUT2D eigenvalue weighted by atomic mass is 79.9. The van der Waals surface area contributed by atoms with Gasteiger partial charge in [0.05, 0.1) is 5.69 Å². The average molecular weight is 417 g/mol. The molecule has 0 bridgehead atoms. The Morgan fingerprint density at radius 3 is 2.88 bits per heavy atom. The number of amides is 1. The van der Waals surface area contributed by atoms with Crippen LogP contribution in [0.4, 0.5) is 5.13 Å². The molecule has 0 aliphatic carbocycles. The summed E-state index contributed by atoms with van der Waals surface area (Å²) in [5, 5.41) is 3.43. The van der Waals surface area contributed by atoms with Crippen molar-refractivity contribution < 1.29 is 14.3 Å². The number of carbonyl (C=O) groups excluding carboxylic acids is 1. The van der Waals surface area contributed by atoms with Gasteiger partial charge in [-0.1, -0.05) is 22.0 Å². The highest BCUT2D eigenvalue weighted by molar-refractivity contribution is 9.10. The number of aryl methyl sites for hydroxylation is 1. The molecule has 2 aromatic carbocycles. The SMILES string of the molecule is Cc1sc(NC(=O)c2cccc(Br)c2)nc1-c1ccc2c(c1)OCO2. The van der Waals surface area contributed by atoms with Crippen LogP contribution in [0.5, 0.6) is 11.5 Å². The Labute approximate surface area is 156 Å². The number of hydrogen-bond donors (Lipinski definition) is 1. The summed E-state index contributed by atoms with van der Waals surface area (Å²) in [6.07, 6.45) is 0. The van der Waals surface area contributed by atoms with E-state index in [0.717, 1.165) is 26.4 Å². The maximum Gasteiger partial charge on any atom is 0.257 e. The molecule has 0 spiro atoms.